The van der Waals surface area contributed by atoms with Gasteiger partial charge in [0.2, 0.25) is 5.91 Å². The van der Waals surface area contributed by atoms with Crippen molar-refractivity contribution in [1.82, 2.24) is 10.2 Å². The van der Waals surface area contributed by atoms with E-state index in [1.165, 1.54) is 12.0 Å². The molecule has 1 aromatic rings. The average molecular weight is 369 g/mol. The number of carboxylic acid groups (broad SMARTS) is 1. The molecule has 2 amide bonds. The van der Waals surface area contributed by atoms with Crippen molar-refractivity contribution in [2.45, 2.75) is 38.3 Å². The molecular weight excluding hydrogens is 344 g/mol. The van der Waals surface area contributed by atoms with Crippen molar-refractivity contribution in [2.24, 2.45) is 5.92 Å². The molecule has 0 aliphatic carbocycles. The summed E-state index contributed by atoms with van der Waals surface area (Å²) in [7, 11) is 1.53. The monoisotopic (exact) mass is 368 g/mol. The molecule has 1 fully saturated rings. The predicted octanol–water partition coefficient (Wildman–Crippen LogP) is 2.79. The fourth-order valence-corrected chi connectivity index (χ4v) is 3.48. The summed E-state index contributed by atoms with van der Waals surface area (Å²) in [4.78, 5) is 25.2. The fraction of sp³-hybridized carbons (Fsp3) is 0.556. The van der Waals surface area contributed by atoms with Crippen molar-refractivity contribution in [2.75, 3.05) is 20.2 Å². The molecule has 0 aromatic heterocycles. The number of likely N-dealkylation sites (tertiary alicyclic amines) is 1. The van der Waals surface area contributed by atoms with Crippen molar-refractivity contribution in [3.8, 4) is 0 Å². The number of rotatable bonds is 7. The van der Waals surface area contributed by atoms with E-state index >= 15 is 0 Å². The maximum absolute atomic E-state index is 12.4. The van der Waals surface area contributed by atoms with Gasteiger partial charge in [-0.2, -0.15) is 0 Å². The number of nitrogens with one attached hydrogen (secondary N) is 1. The topological polar surface area (TPSA) is 78.9 Å². The largest absolute Gasteiger partial charge is 0.465 e. The van der Waals surface area contributed by atoms with Gasteiger partial charge in [0.15, 0.2) is 0 Å². The maximum atomic E-state index is 12.4. The standard InChI is InChI=1S/C18H25ClN2O4/c1-12(16(25-2)15-4-3-11-21(15)18(23)24)17(22)20-10-9-13-5-7-14(19)8-6-13/h5-8,12,15-16H,3-4,9-11H2,1-2H3,(H,20,22)(H,23,24)/t12?,15-,16+/m0/s1. The lowest BCUT2D eigenvalue weighted by atomic mass is 9.95. The molecule has 2 N–H and O–H groups in total. The number of amides is 2. The Hall–Kier alpha value is -1.79. The third-order valence-corrected chi connectivity index (χ3v) is 4.98. The van der Waals surface area contributed by atoms with Gasteiger partial charge >= 0.3 is 6.09 Å². The molecule has 3 atom stereocenters. The number of ether oxygens (including phenoxy) is 1. The molecule has 7 heteroatoms. The Morgan fingerprint density at radius 3 is 2.68 bits per heavy atom. The molecule has 1 unspecified atom stereocenters. The van der Waals surface area contributed by atoms with Crippen LogP contribution in [0, 0.1) is 5.92 Å². The first-order valence-electron chi connectivity index (χ1n) is 8.48. The van der Waals surface area contributed by atoms with Crippen LogP contribution in [0.1, 0.15) is 25.3 Å². The van der Waals surface area contributed by atoms with E-state index in [1.807, 2.05) is 24.3 Å². The molecule has 1 heterocycles. The predicted molar refractivity (Wildman–Crippen MR) is 95.9 cm³/mol. The average Bonchev–Trinajstić information content (AvgIpc) is 3.07. The second-order valence-corrected chi connectivity index (χ2v) is 6.78. The molecule has 25 heavy (non-hydrogen) atoms. The minimum atomic E-state index is -0.958. The van der Waals surface area contributed by atoms with E-state index in [4.69, 9.17) is 16.3 Å². The van der Waals surface area contributed by atoms with Crippen LogP contribution in [0.25, 0.3) is 0 Å². The molecule has 0 saturated carbocycles. The van der Waals surface area contributed by atoms with Crippen LogP contribution in [0.4, 0.5) is 4.79 Å². The third kappa shape index (κ3) is 5.09. The smallest absolute Gasteiger partial charge is 0.407 e. The molecule has 1 aromatic carbocycles. The van der Waals surface area contributed by atoms with Gasteiger partial charge in [-0.1, -0.05) is 30.7 Å². The Morgan fingerprint density at radius 1 is 1.40 bits per heavy atom. The van der Waals surface area contributed by atoms with Crippen molar-refractivity contribution in [3.05, 3.63) is 34.9 Å². The Labute approximate surface area is 153 Å². The lowest BCUT2D eigenvalue weighted by Gasteiger charge is -2.32. The SMILES string of the molecule is CO[C@H](C(C)C(=O)NCCc1ccc(Cl)cc1)[C@@H]1CCCN1C(=O)O. The van der Waals surface area contributed by atoms with Crippen molar-refractivity contribution < 1.29 is 19.4 Å². The van der Waals surface area contributed by atoms with E-state index in [2.05, 4.69) is 5.32 Å². The molecule has 1 saturated heterocycles. The van der Waals surface area contributed by atoms with Gasteiger partial charge in [-0.05, 0) is 37.0 Å². The van der Waals surface area contributed by atoms with Crippen LogP contribution in [0.15, 0.2) is 24.3 Å². The minimum absolute atomic E-state index is 0.127. The quantitative estimate of drug-likeness (QED) is 0.775. The molecule has 6 nitrogen and oxygen atoms in total. The fourth-order valence-electron chi connectivity index (χ4n) is 3.36. The first kappa shape index (κ1) is 19.5. The summed E-state index contributed by atoms with van der Waals surface area (Å²) < 4.78 is 5.49. The molecule has 0 bridgehead atoms. The second-order valence-electron chi connectivity index (χ2n) is 6.34. The van der Waals surface area contributed by atoms with Crippen molar-refractivity contribution >= 4 is 23.6 Å². The highest BCUT2D eigenvalue weighted by molar-refractivity contribution is 6.30. The number of hydrogen-bond acceptors (Lipinski definition) is 3. The van der Waals surface area contributed by atoms with Gasteiger partial charge in [-0.25, -0.2) is 4.79 Å². The Bertz CT molecular complexity index is 593. The summed E-state index contributed by atoms with van der Waals surface area (Å²) in [6.45, 7) is 2.78. The summed E-state index contributed by atoms with van der Waals surface area (Å²) in [6.07, 6.45) is 0.807. The van der Waals surface area contributed by atoms with Gasteiger partial charge in [0, 0.05) is 25.2 Å². The van der Waals surface area contributed by atoms with Crippen LogP contribution >= 0.6 is 11.6 Å². The summed E-state index contributed by atoms with van der Waals surface area (Å²) in [6, 6.07) is 7.23. The molecular formula is C18H25ClN2O4. The van der Waals surface area contributed by atoms with E-state index in [9.17, 15) is 14.7 Å². The minimum Gasteiger partial charge on any atom is -0.465 e. The first-order chi connectivity index (χ1) is 11.9. The lowest BCUT2D eigenvalue weighted by Crippen LogP contribution is -2.49. The van der Waals surface area contributed by atoms with Gasteiger partial charge in [0.05, 0.1) is 18.1 Å². The summed E-state index contributed by atoms with van der Waals surface area (Å²) in [5.41, 5.74) is 1.09. The molecule has 0 spiro atoms. The zero-order valence-corrected chi connectivity index (χ0v) is 15.3. The normalized spacial score (nSPS) is 19.5. The van der Waals surface area contributed by atoms with E-state index in [0.29, 0.717) is 31.0 Å². The van der Waals surface area contributed by atoms with Crippen LogP contribution in [0.2, 0.25) is 5.02 Å². The number of nitrogens with zero attached hydrogens (tertiary/aromatic N) is 1. The first-order valence-corrected chi connectivity index (χ1v) is 8.86. The van der Waals surface area contributed by atoms with Crippen LogP contribution in [0.3, 0.4) is 0 Å². The van der Waals surface area contributed by atoms with E-state index in [0.717, 1.165) is 12.0 Å². The van der Waals surface area contributed by atoms with Crippen LogP contribution in [-0.2, 0) is 16.0 Å². The highest BCUT2D eigenvalue weighted by atomic mass is 35.5. The van der Waals surface area contributed by atoms with Gasteiger partial charge in [-0.15, -0.1) is 0 Å². The summed E-state index contributed by atoms with van der Waals surface area (Å²) in [5.74, 6) is -0.557. The number of benzene rings is 1. The number of methoxy groups -OCH3 is 1. The third-order valence-electron chi connectivity index (χ3n) is 4.73. The molecule has 0 radical (unpaired) electrons. The highest BCUT2D eigenvalue weighted by Gasteiger charge is 2.39. The maximum Gasteiger partial charge on any atom is 0.407 e. The summed E-state index contributed by atoms with van der Waals surface area (Å²) in [5, 5.41) is 12.9. The highest BCUT2D eigenvalue weighted by Crippen LogP contribution is 2.26. The molecule has 138 valence electrons. The van der Waals surface area contributed by atoms with Crippen molar-refractivity contribution in [1.29, 1.82) is 0 Å². The van der Waals surface area contributed by atoms with Gasteiger partial charge in [0.1, 0.15) is 0 Å². The van der Waals surface area contributed by atoms with Gasteiger partial charge in [-0.3, -0.25) is 4.79 Å². The number of carbonyl (C=O) groups is 2. The van der Waals surface area contributed by atoms with Gasteiger partial charge < -0.3 is 20.1 Å². The Kier molecular flexibility index (Phi) is 7.08. The molecule has 2 rings (SSSR count). The summed E-state index contributed by atoms with van der Waals surface area (Å²) >= 11 is 5.86. The number of hydrogen-bond donors (Lipinski definition) is 2. The molecule has 1 aliphatic rings. The number of halogens is 1. The second kappa shape index (κ2) is 9.06. The molecule has 1 aliphatic heterocycles. The zero-order valence-electron chi connectivity index (χ0n) is 14.6. The van der Waals surface area contributed by atoms with E-state index in [-0.39, 0.29) is 11.9 Å². The van der Waals surface area contributed by atoms with Crippen LogP contribution < -0.4 is 5.32 Å². The van der Waals surface area contributed by atoms with E-state index < -0.39 is 18.1 Å². The van der Waals surface area contributed by atoms with Crippen LogP contribution in [0.5, 0.6) is 0 Å². The zero-order chi connectivity index (χ0) is 18.4. The Balaban J connectivity index is 1.88. The number of carbonyl (C=O) groups excluding carboxylic acids is 1. The van der Waals surface area contributed by atoms with Gasteiger partial charge in [0.25, 0.3) is 0 Å². The van der Waals surface area contributed by atoms with E-state index in [1.54, 1.807) is 6.92 Å². The van der Waals surface area contributed by atoms with Crippen LogP contribution in [-0.4, -0.2) is 54.4 Å². The lowest BCUT2D eigenvalue weighted by molar-refractivity contribution is -0.130. The Morgan fingerprint density at radius 2 is 2.08 bits per heavy atom. The van der Waals surface area contributed by atoms with Crippen molar-refractivity contribution in [3.63, 3.8) is 0 Å².